The van der Waals surface area contributed by atoms with Crippen molar-refractivity contribution in [3.63, 3.8) is 0 Å². The summed E-state index contributed by atoms with van der Waals surface area (Å²) >= 11 is 0. The summed E-state index contributed by atoms with van der Waals surface area (Å²) < 4.78 is 0. The Morgan fingerprint density at radius 2 is 1.92 bits per heavy atom. The van der Waals surface area contributed by atoms with Gasteiger partial charge in [-0.3, -0.25) is 4.79 Å². The van der Waals surface area contributed by atoms with Crippen LogP contribution in [0.3, 0.4) is 0 Å². The second-order valence-electron chi connectivity index (χ2n) is 1.77. The highest BCUT2D eigenvalue weighted by Gasteiger charge is 1.92. The number of amides is 1. The fourth-order valence-electron chi connectivity index (χ4n) is 0.474. The number of hydrogen-bond acceptors (Lipinski definition) is 4. The van der Waals surface area contributed by atoms with Crippen LogP contribution in [0.15, 0.2) is 47.3 Å². The van der Waals surface area contributed by atoms with Crippen molar-refractivity contribution in [2.24, 2.45) is 10.2 Å². The molecule has 0 aromatic carbocycles. The van der Waals surface area contributed by atoms with Gasteiger partial charge in [-0.15, -0.1) is 5.11 Å². The van der Waals surface area contributed by atoms with Crippen molar-refractivity contribution in [2.45, 2.75) is 0 Å². The molecule has 5 heteroatoms. The minimum Gasteiger partial charge on any atom is -0.266 e. The number of aromatic nitrogens is 2. The van der Waals surface area contributed by atoms with Crippen LogP contribution in [-0.2, 0) is 4.79 Å². The lowest BCUT2D eigenvalue weighted by Crippen LogP contribution is -1.74. The molecule has 2 heterocycles. The lowest BCUT2D eigenvalue weighted by molar-refractivity contribution is -0.113. The van der Waals surface area contributed by atoms with Gasteiger partial charge in [-0.1, -0.05) is 0 Å². The van der Waals surface area contributed by atoms with Crippen LogP contribution >= 0.6 is 0 Å². The van der Waals surface area contributed by atoms with Crippen molar-refractivity contribution in [3.05, 3.63) is 37.1 Å². The van der Waals surface area contributed by atoms with E-state index in [1.807, 2.05) is 0 Å². The number of rotatable bonds is 0. The Morgan fingerprint density at radius 1 is 1.17 bits per heavy atom. The molecule has 0 saturated heterocycles. The van der Waals surface area contributed by atoms with Crippen LogP contribution in [0.4, 0.5) is 0 Å². The van der Waals surface area contributed by atoms with Gasteiger partial charge in [0.15, 0.2) is 0 Å². The first-order chi connectivity index (χ1) is 5.89. The highest BCUT2D eigenvalue weighted by atomic mass is 16.1. The van der Waals surface area contributed by atoms with Gasteiger partial charge in [0, 0.05) is 18.5 Å². The van der Waals surface area contributed by atoms with Gasteiger partial charge in [-0.25, -0.2) is 9.97 Å². The van der Waals surface area contributed by atoms with Crippen LogP contribution in [0, 0.1) is 0 Å². The van der Waals surface area contributed by atoms with Crippen LogP contribution in [0.5, 0.6) is 0 Å². The number of hydrogen-bond donors (Lipinski definition) is 0. The van der Waals surface area contributed by atoms with Crippen molar-refractivity contribution in [2.75, 3.05) is 0 Å². The first-order valence-corrected chi connectivity index (χ1v) is 3.21. The second kappa shape index (κ2) is 4.84. The molecule has 60 valence electrons. The summed E-state index contributed by atoms with van der Waals surface area (Å²) in [6.45, 7) is 0. The third-order valence-electron chi connectivity index (χ3n) is 0.918. The standard InChI is InChI=1S/C4H4N2.C3H2N2O/c1-2-5-4-6-3-1;6-3-1-2-4-5-3/h1-4H;1-2H. The molecule has 0 N–H and O–H groups in total. The Labute approximate surface area is 68.9 Å². The van der Waals surface area contributed by atoms with E-state index in [4.69, 9.17) is 0 Å². The van der Waals surface area contributed by atoms with Gasteiger partial charge >= 0.3 is 0 Å². The Balaban J connectivity index is 0.000000120. The maximum atomic E-state index is 9.90. The van der Waals surface area contributed by atoms with E-state index in [2.05, 4.69) is 20.2 Å². The van der Waals surface area contributed by atoms with E-state index in [1.54, 1.807) is 18.5 Å². The van der Waals surface area contributed by atoms with Crippen LogP contribution in [-0.4, -0.2) is 15.9 Å². The van der Waals surface area contributed by atoms with Gasteiger partial charge in [0.05, 0.1) is 6.20 Å². The van der Waals surface area contributed by atoms with Gasteiger partial charge in [-0.05, 0) is 6.07 Å². The molecule has 0 aliphatic carbocycles. The molecule has 1 amide bonds. The number of carbonyl (C=O) groups is 1. The van der Waals surface area contributed by atoms with Gasteiger partial charge in [-0.2, -0.15) is 5.11 Å². The summed E-state index contributed by atoms with van der Waals surface area (Å²) in [5.74, 6) is -0.269. The van der Waals surface area contributed by atoms with Crippen LogP contribution < -0.4 is 0 Å². The predicted molar refractivity (Wildman–Crippen MR) is 41.0 cm³/mol. The molecule has 0 fully saturated rings. The summed E-state index contributed by atoms with van der Waals surface area (Å²) in [5, 5.41) is 6.37. The Morgan fingerprint density at radius 3 is 2.08 bits per heavy atom. The summed E-state index contributed by atoms with van der Waals surface area (Å²) in [6.07, 6.45) is 7.54. The minimum atomic E-state index is -0.269. The quantitative estimate of drug-likeness (QED) is 0.570. The van der Waals surface area contributed by atoms with E-state index >= 15 is 0 Å². The SMILES string of the molecule is O=C1C=CN=N1.c1cncnc1. The fraction of sp³-hybridized carbons (Fsp3) is 0. The number of azo groups is 1. The average Bonchev–Trinajstić information content (AvgIpc) is 2.60. The maximum Gasteiger partial charge on any atom is 0.289 e. The molecule has 0 spiro atoms. The van der Waals surface area contributed by atoms with Crippen molar-refractivity contribution >= 4 is 5.91 Å². The molecule has 1 aliphatic heterocycles. The predicted octanol–water partition coefficient (Wildman–Crippen LogP) is 0.969. The zero-order valence-electron chi connectivity index (χ0n) is 6.16. The molecule has 1 aromatic heterocycles. The molecule has 1 aromatic rings. The summed E-state index contributed by atoms with van der Waals surface area (Å²) in [4.78, 5) is 17.2. The molecule has 0 atom stereocenters. The molecular formula is C7H6N4O. The number of carbonyl (C=O) groups excluding carboxylic acids is 1. The van der Waals surface area contributed by atoms with Crippen molar-refractivity contribution in [3.8, 4) is 0 Å². The summed E-state index contributed by atoms with van der Waals surface area (Å²) in [6, 6.07) is 1.78. The molecule has 1 aliphatic rings. The molecule has 5 nitrogen and oxygen atoms in total. The normalized spacial score (nSPS) is 12.5. The molecule has 12 heavy (non-hydrogen) atoms. The van der Waals surface area contributed by atoms with Crippen LogP contribution in [0.2, 0.25) is 0 Å². The smallest absolute Gasteiger partial charge is 0.266 e. The molecule has 0 radical (unpaired) electrons. The summed E-state index contributed by atoms with van der Waals surface area (Å²) in [7, 11) is 0. The van der Waals surface area contributed by atoms with Gasteiger partial charge in [0.25, 0.3) is 5.91 Å². The molecule has 0 bridgehead atoms. The average molecular weight is 162 g/mol. The van der Waals surface area contributed by atoms with Crippen molar-refractivity contribution < 1.29 is 4.79 Å². The van der Waals surface area contributed by atoms with Gasteiger partial charge < -0.3 is 0 Å². The van der Waals surface area contributed by atoms with Gasteiger partial charge in [0.1, 0.15) is 6.33 Å². The van der Waals surface area contributed by atoms with E-state index < -0.39 is 0 Å². The summed E-state index contributed by atoms with van der Waals surface area (Å²) in [5.41, 5.74) is 0. The topological polar surface area (TPSA) is 67.6 Å². The first kappa shape index (κ1) is 8.19. The van der Waals surface area contributed by atoms with E-state index in [9.17, 15) is 4.79 Å². The molecular weight excluding hydrogens is 156 g/mol. The Bertz CT molecular complexity index is 253. The largest absolute Gasteiger partial charge is 0.289 e. The van der Waals surface area contributed by atoms with Crippen LogP contribution in [0.1, 0.15) is 0 Å². The van der Waals surface area contributed by atoms with Crippen molar-refractivity contribution in [1.82, 2.24) is 9.97 Å². The van der Waals surface area contributed by atoms with E-state index in [1.165, 1.54) is 18.6 Å². The number of nitrogens with zero attached hydrogens (tertiary/aromatic N) is 4. The monoisotopic (exact) mass is 162 g/mol. The first-order valence-electron chi connectivity index (χ1n) is 3.21. The van der Waals surface area contributed by atoms with Gasteiger partial charge in [0.2, 0.25) is 0 Å². The molecule has 0 saturated carbocycles. The Hall–Kier alpha value is -1.91. The highest BCUT2D eigenvalue weighted by molar-refractivity contribution is 5.89. The molecule has 2 rings (SSSR count). The van der Waals surface area contributed by atoms with E-state index in [0.717, 1.165) is 0 Å². The van der Waals surface area contributed by atoms with E-state index in [0.29, 0.717) is 0 Å². The molecule has 0 unspecified atom stereocenters. The van der Waals surface area contributed by atoms with Crippen LogP contribution in [0.25, 0.3) is 0 Å². The highest BCUT2D eigenvalue weighted by Crippen LogP contribution is 1.90. The lowest BCUT2D eigenvalue weighted by atomic mass is 10.6. The maximum absolute atomic E-state index is 9.90. The zero-order valence-corrected chi connectivity index (χ0v) is 6.16. The Kier molecular flexibility index (Phi) is 3.30. The fourth-order valence-corrected chi connectivity index (χ4v) is 0.474. The second-order valence-corrected chi connectivity index (χ2v) is 1.77. The third kappa shape index (κ3) is 3.31. The van der Waals surface area contributed by atoms with Crippen molar-refractivity contribution in [1.29, 1.82) is 0 Å². The third-order valence-corrected chi connectivity index (χ3v) is 0.918. The zero-order chi connectivity index (χ0) is 8.65. The van der Waals surface area contributed by atoms with E-state index in [-0.39, 0.29) is 5.91 Å². The lowest BCUT2D eigenvalue weighted by Gasteiger charge is -1.70. The minimum absolute atomic E-state index is 0.269.